The first kappa shape index (κ1) is 97.3. The number of nitrogens with two attached hydrogens (primary N) is 3. The number of phenols is 1. The number of unbranched alkanes of at least 4 members (excludes halogenated alkanes) is 1. The number of imidazole rings is 1. The zero-order valence-electron chi connectivity index (χ0n) is 66.0. The van der Waals surface area contributed by atoms with Crippen LogP contribution >= 0.6 is 11.8 Å². The summed E-state index contributed by atoms with van der Waals surface area (Å²) in [5.74, 6) is -14.9. The Morgan fingerprint density at radius 1 is 0.580 bits per heavy atom. The topological polar surface area (TPSA) is 643 Å². The number of thioether (sulfide) groups is 1. The molecule has 119 heavy (non-hydrogen) atoms. The van der Waals surface area contributed by atoms with Crippen LogP contribution in [0.4, 0.5) is 0 Å². The van der Waals surface area contributed by atoms with Crippen LogP contribution in [0.5, 0.6) is 5.75 Å². The van der Waals surface area contributed by atoms with E-state index in [9.17, 15) is 78.0 Å². The number of aliphatic hydroxyl groups excluding tert-OH is 2. The van der Waals surface area contributed by atoms with Crippen molar-refractivity contribution in [2.75, 3.05) is 51.4 Å². The van der Waals surface area contributed by atoms with E-state index in [1.54, 1.807) is 80.9 Å². The molecule has 0 bridgehead atoms. The van der Waals surface area contributed by atoms with Gasteiger partial charge in [0.25, 0.3) is 0 Å². The number of aromatic hydroxyl groups is 1. The molecule has 1 aliphatic heterocycles. The summed E-state index contributed by atoms with van der Waals surface area (Å²) in [5, 5.41) is 81.9. The number of carboxylic acids is 1. The van der Waals surface area contributed by atoms with Crippen molar-refractivity contribution in [3.05, 3.63) is 120 Å². The molecular weight excluding hydrogens is 1570 g/mol. The highest BCUT2D eigenvalue weighted by molar-refractivity contribution is 7.98. The third-order valence-electron chi connectivity index (χ3n) is 19.2. The second-order valence-corrected chi connectivity index (χ2v) is 29.6. The standard InChI is InChI=1S/C77H109N21O19S.CH4/c1-42(2)64(65(79)106)97-75(116)61-20-13-30-98(61)76(117)54(18-10-11-28-78)88-62(103)38-85-66(107)57(34-46-36-84-50-17-9-8-16-49(46)50)94-67(108)51(19-12-29-83-77(80)81)89-70(111)55(32-44-14-6-5-7-15-44)92-72(113)58(35-47-37-82-41-86-47)95-68(109)52(25-26-63(104)105)90-69(110)53(27-31-118-4)91-74(115)60(40-100)96-71(112)56(33-45-21-23-48(102)24-22-45)93-73(114)59(39-99)87-43(3)101;/h5-9,14-17,21-24,36-37,41-42,51-61,64,84,99-100,102H,10-13,18-20,25-35,38-40,78H2,1-4H3,(H2,79,106)(H,82,86)(H,85,107)(H,87,101)(H,88,103)(H,89,111)(H,90,110)(H,91,115)(H,92,113)(H,93,114)(H,94,108)(H,95,109)(H,96,112)(H,97,116)(H,104,105)(H4,80,81,83);1H4. The number of hydrogen-bond donors (Lipinski definition) is 23. The Hall–Kier alpha value is -12.2. The van der Waals surface area contributed by atoms with Gasteiger partial charge in [0.2, 0.25) is 82.7 Å². The number of benzene rings is 3. The van der Waals surface area contributed by atoms with Crippen LogP contribution in [-0.4, -0.2) is 259 Å². The highest BCUT2D eigenvalue weighted by Crippen LogP contribution is 2.23. The summed E-state index contributed by atoms with van der Waals surface area (Å²) in [4.78, 5) is 220. The minimum Gasteiger partial charge on any atom is -0.508 e. The van der Waals surface area contributed by atoms with E-state index in [-0.39, 0.29) is 102 Å². The Morgan fingerprint density at radius 2 is 1.09 bits per heavy atom. The van der Waals surface area contributed by atoms with Crippen molar-refractivity contribution in [2.45, 2.75) is 191 Å². The second-order valence-electron chi connectivity index (χ2n) is 28.7. The molecule has 1 fully saturated rings. The number of nitrogens with one attached hydrogen (secondary N) is 16. The van der Waals surface area contributed by atoms with Crippen LogP contribution < -0.4 is 86.3 Å². The van der Waals surface area contributed by atoms with E-state index < -0.39 is 206 Å². The largest absolute Gasteiger partial charge is 0.508 e. The highest BCUT2D eigenvalue weighted by atomic mass is 32.2. The number of H-pyrrole nitrogens is 2. The number of rotatable bonds is 50. The molecule has 2 aromatic heterocycles. The molecular formula is C78H113N21O19S. The third-order valence-corrected chi connectivity index (χ3v) is 19.9. The second kappa shape index (κ2) is 49.7. The molecule has 26 N–H and O–H groups in total. The molecule has 3 aromatic carbocycles. The number of amides is 14. The molecule has 0 saturated carbocycles. The number of likely N-dealkylation sites (tertiary alicyclic amines) is 1. The van der Waals surface area contributed by atoms with Gasteiger partial charge in [-0.15, -0.1) is 0 Å². The van der Waals surface area contributed by atoms with Gasteiger partial charge in [-0.2, -0.15) is 11.8 Å². The fourth-order valence-electron chi connectivity index (χ4n) is 12.9. The number of carboxylic acid groups (broad SMARTS) is 1. The molecule has 6 rings (SSSR count). The molecule has 1 saturated heterocycles. The van der Waals surface area contributed by atoms with E-state index in [2.05, 4.69) is 84.1 Å². The number of hydrogen-bond acceptors (Lipinski definition) is 22. The Morgan fingerprint density at radius 3 is 1.63 bits per heavy atom. The highest BCUT2D eigenvalue weighted by Gasteiger charge is 2.41. The summed E-state index contributed by atoms with van der Waals surface area (Å²) < 4.78 is 0. The number of aromatic nitrogens is 3. The zero-order chi connectivity index (χ0) is 86.5. The van der Waals surface area contributed by atoms with Crippen LogP contribution in [0.1, 0.15) is 115 Å². The van der Waals surface area contributed by atoms with E-state index in [1.165, 1.54) is 53.5 Å². The molecule has 12 atom stereocenters. The number of nitrogens with zero attached hydrogens (tertiary/aromatic N) is 2. The van der Waals surface area contributed by atoms with Crippen LogP contribution in [0.3, 0.4) is 0 Å². The van der Waals surface area contributed by atoms with Crippen molar-refractivity contribution in [3.8, 4) is 5.75 Å². The quantitative estimate of drug-likeness (QED) is 0.0101. The Labute approximate surface area is 691 Å². The lowest BCUT2D eigenvalue weighted by Gasteiger charge is -2.30. The lowest BCUT2D eigenvalue weighted by molar-refractivity contribution is -0.142. The van der Waals surface area contributed by atoms with Gasteiger partial charge < -0.3 is 122 Å². The van der Waals surface area contributed by atoms with Gasteiger partial charge in [-0.3, -0.25) is 77.3 Å². The van der Waals surface area contributed by atoms with Crippen molar-refractivity contribution >= 4 is 117 Å². The molecule has 0 radical (unpaired) electrons. The maximum Gasteiger partial charge on any atom is 0.303 e. The number of aliphatic hydroxyl groups is 2. The molecule has 650 valence electrons. The number of aliphatic carboxylic acids is 1. The first-order chi connectivity index (χ1) is 56.3. The van der Waals surface area contributed by atoms with E-state index in [4.69, 9.17) is 22.6 Å². The van der Waals surface area contributed by atoms with Crippen LogP contribution in [0.25, 0.3) is 10.9 Å². The molecule has 41 heteroatoms. The van der Waals surface area contributed by atoms with Crippen molar-refractivity contribution < 1.29 is 92.3 Å². The number of carbonyl (C=O) groups excluding carboxylic acids is 14. The molecule has 12 unspecified atom stereocenters. The van der Waals surface area contributed by atoms with Gasteiger partial charge in [0.1, 0.15) is 78.3 Å². The predicted molar refractivity (Wildman–Crippen MR) is 438 cm³/mol. The van der Waals surface area contributed by atoms with Crippen LogP contribution in [0, 0.1) is 11.3 Å². The van der Waals surface area contributed by atoms with Crippen LogP contribution in [0.2, 0.25) is 0 Å². The van der Waals surface area contributed by atoms with Gasteiger partial charge in [-0.05, 0) is 117 Å². The summed E-state index contributed by atoms with van der Waals surface area (Å²) in [6.07, 6.45) is 4.64. The van der Waals surface area contributed by atoms with Gasteiger partial charge in [0, 0.05) is 81.1 Å². The number of carbonyl (C=O) groups is 15. The summed E-state index contributed by atoms with van der Waals surface area (Å²) in [7, 11) is 0. The molecule has 0 aliphatic carbocycles. The first-order valence-electron chi connectivity index (χ1n) is 38.5. The van der Waals surface area contributed by atoms with Gasteiger partial charge in [-0.25, -0.2) is 4.98 Å². The summed E-state index contributed by atoms with van der Waals surface area (Å²) in [6.45, 7) is 2.20. The summed E-state index contributed by atoms with van der Waals surface area (Å²) in [5.41, 5.74) is 19.3. The molecule has 0 spiro atoms. The number of para-hydroxylation sites is 1. The molecule has 40 nitrogen and oxygen atoms in total. The fraction of sp³-hybridized carbons (Fsp3) is 0.500. The minimum absolute atomic E-state index is 0. The van der Waals surface area contributed by atoms with Crippen LogP contribution in [-0.2, 0) is 97.6 Å². The first-order valence-corrected chi connectivity index (χ1v) is 39.9. The van der Waals surface area contributed by atoms with E-state index in [1.807, 2.05) is 0 Å². The lowest BCUT2D eigenvalue weighted by Crippen LogP contribution is -2.61. The monoisotopic (exact) mass is 1680 g/mol. The molecule has 14 amide bonds. The third kappa shape index (κ3) is 32.0. The Bertz CT molecular complexity index is 4250. The van der Waals surface area contributed by atoms with E-state index in [0.29, 0.717) is 46.9 Å². The van der Waals surface area contributed by atoms with Gasteiger partial charge in [0.15, 0.2) is 5.96 Å². The van der Waals surface area contributed by atoms with Crippen LogP contribution in [0.15, 0.2) is 97.6 Å². The lowest BCUT2D eigenvalue weighted by atomic mass is 10.0. The molecule has 3 heterocycles. The maximum atomic E-state index is 15.2. The number of guanidine groups is 1. The van der Waals surface area contributed by atoms with Crippen molar-refractivity contribution in [3.63, 3.8) is 0 Å². The maximum absolute atomic E-state index is 15.2. The van der Waals surface area contributed by atoms with Gasteiger partial charge >= 0.3 is 5.97 Å². The smallest absolute Gasteiger partial charge is 0.303 e. The molecule has 1 aliphatic rings. The zero-order valence-corrected chi connectivity index (χ0v) is 66.9. The number of fused-ring (bicyclic) bond motifs is 1. The normalized spacial score (nSPS) is 15.1. The average molecular weight is 1680 g/mol. The molecule has 5 aromatic rings. The minimum atomic E-state index is -1.84. The summed E-state index contributed by atoms with van der Waals surface area (Å²) >= 11 is 1.23. The van der Waals surface area contributed by atoms with E-state index >= 15 is 14.4 Å². The van der Waals surface area contributed by atoms with Crippen molar-refractivity contribution in [2.24, 2.45) is 23.1 Å². The van der Waals surface area contributed by atoms with E-state index in [0.717, 1.165) is 6.92 Å². The Balaban J connectivity index is 0.0000252. The SMILES string of the molecule is C.CSCCC(NC(=O)C(CO)NC(=O)C(Cc1ccc(O)cc1)NC(=O)C(CO)NC(C)=O)C(=O)NC(CCC(=O)O)C(=O)NC(Cc1cnc[nH]1)C(=O)NC(Cc1ccccc1)C(=O)NC(CCCNC(=N)N)C(=O)NC(Cc1c[nH]c2ccccc12)C(=O)NCC(=O)NC(CCCCN)C(=O)N1CCCC1C(=O)NC(C(N)=O)C(C)C. The number of phenolic OH excluding ortho intramolecular Hbond substituents is 1. The fourth-order valence-corrected chi connectivity index (χ4v) is 13.4. The predicted octanol–water partition coefficient (Wildman–Crippen LogP) is -3.90. The summed E-state index contributed by atoms with van der Waals surface area (Å²) in [6, 6.07) is 2.94. The average Bonchev–Trinajstić information content (AvgIpc) is 1.72. The van der Waals surface area contributed by atoms with Crippen molar-refractivity contribution in [1.29, 1.82) is 5.41 Å². The Kier molecular flexibility index (Phi) is 40.7. The number of aromatic amines is 2. The van der Waals surface area contributed by atoms with Gasteiger partial charge in [0.05, 0.1) is 26.1 Å². The number of primary amides is 1. The van der Waals surface area contributed by atoms with Gasteiger partial charge in [-0.1, -0.05) is 81.9 Å². The van der Waals surface area contributed by atoms with Crippen molar-refractivity contribution in [1.82, 2.24) is 89.0 Å².